The van der Waals surface area contributed by atoms with Crippen LogP contribution in [0.2, 0.25) is 0 Å². The summed E-state index contributed by atoms with van der Waals surface area (Å²) in [6.07, 6.45) is 2.34. The van der Waals surface area contributed by atoms with Crippen molar-refractivity contribution in [1.82, 2.24) is 15.0 Å². The second kappa shape index (κ2) is 7.31. The van der Waals surface area contributed by atoms with Gasteiger partial charge in [0.1, 0.15) is 39.6 Å². The molecular weight excluding hydrogens is 388 g/mol. The number of thiazole rings is 1. The Morgan fingerprint density at radius 2 is 2.14 bits per heavy atom. The molecule has 4 heterocycles. The van der Waals surface area contributed by atoms with E-state index >= 15 is 0 Å². The predicted molar refractivity (Wildman–Crippen MR) is 112 cm³/mol. The van der Waals surface area contributed by atoms with Crippen LogP contribution in [0.15, 0.2) is 29.8 Å². The SMILES string of the molecule is COc1cc(-c2nc(-c3nccs3)cc(N)c2C#N)nc(N2CCC(C)(O)C2)c1. The van der Waals surface area contributed by atoms with Gasteiger partial charge in [-0.3, -0.25) is 0 Å². The molecule has 0 radical (unpaired) electrons. The van der Waals surface area contributed by atoms with E-state index in [2.05, 4.69) is 16.0 Å². The lowest BCUT2D eigenvalue weighted by atomic mass is 10.1. The number of methoxy groups -OCH3 is 1. The molecular formula is C20H20N6O2S. The average Bonchev–Trinajstić information content (AvgIpc) is 3.36. The monoisotopic (exact) mass is 408 g/mol. The third kappa shape index (κ3) is 3.72. The highest BCUT2D eigenvalue weighted by atomic mass is 32.1. The summed E-state index contributed by atoms with van der Waals surface area (Å²) in [4.78, 5) is 15.6. The van der Waals surface area contributed by atoms with Crippen LogP contribution >= 0.6 is 11.3 Å². The number of pyridine rings is 2. The van der Waals surface area contributed by atoms with E-state index in [9.17, 15) is 10.4 Å². The molecule has 1 atom stereocenters. The number of nitrogens with zero attached hydrogens (tertiary/aromatic N) is 5. The molecule has 1 unspecified atom stereocenters. The molecule has 1 aliphatic rings. The van der Waals surface area contributed by atoms with Crippen molar-refractivity contribution in [3.05, 3.63) is 35.3 Å². The fourth-order valence-electron chi connectivity index (χ4n) is 3.36. The van der Waals surface area contributed by atoms with Crippen molar-refractivity contribution in [2.75, 3.05) is 30.8 Å². The molecule has 9 heteroatoms. The third-order valence-electron chi connectivity index (χ3n) is 4.85. The number of β-amino-alcohol motifs (C(OH)–C–C–N with tert-alkyl or cyclic N) is 1. The fraction of sp³-hybridized carbons (Fsp3) is 0.300. The fourth-order valence-corrected chi connectivity index (χ4v) is 3.96. The van der Waals surface area contributed by atoms with Gasteiger partial charge in [-0.25, -0.2) is 15.0 Å². The van der Waals surface area contributed by atoms with Crippen LogP contribution in [-0.2, 0) is 0 Å². The zero-order chi connectivity index (χ0) is 20.6. The Kier molecular flexibility index (Phi) is 4.82. The van der Waals surface area contributed by atoms with Crippen LogP contribution in [0.5, 0.6) is 5.75 Å². The number of nitriles is 1. The first-order chi connectivity index (χ1) is 13.9. The molecule has 1 saturated heterocycles. The van der Waals surface area contributed by atoms with Gasteiger partial charge in [0.2, 0.25) is 0 Å². The molecule has 1 aliphatic heterocycles. The zero-order valence-electron chi connectivity index (χ0n) is 16.1. The quantitative estimate of drug-likeness (QED) is 0.676. The van der Waals surface area contributed by atoms with Gasteiger partial charge in [-0.1, -0.05) is 0 Å². The molecule has 0 spiro atoms. The maximum Gasteiger partial charge on any atom is 0.141 e. The minimum absolute atomic E-state index is 0.255. The number of ether oxygens (including phenoxy) is 1. The van der Waals surface area contributed by atoms with Crippen molar-refractivity contribution < 1.29 is 9.84 Å². The summed E-state index contributed by atoms with van der Waals surface area (Å²) in [5.41, 5.74) is 7.40. The minimum atomic E-state index is -0.768. The topological polar surface area (TPSA) is 121 Å². The summed E-state index contributed by atoms with van der Waals surface area (Å²) in [5, 5.41) is 22.6. The maximum absolute atomic E-state index is 10.3. The molecule has 3 N–H and O–H groups in total. The van der Waals surface area contributed by atoms with Crippen LogP contribution < -0.4 is 15.4 Å². The van der Waals surface area contributed by atoms with Crippen molar-refractivity contribution in [2.45, 2.75) is 18.9 Å². The molecule has 3 aromatic heterocycles. The minimum Gasteiger partial charge on any atom is -0.497 e. The average molecular weight is 408 g/mol. The highest BCUT2D eigenvalue weighted by Crippen LogP contribution is 2.34. The summed E-state index contributed by atoms with van der Waals surface area (Å²) in [5.74, 6) is 1.24. The number of anilines is 2. The number of rotatable bonds is 4. The van der Waals surface area contributed by atoms with Crippen LogP contribution in [0, 0.1) is 11.3 Å². The number of nitrogens with two attached hydrogens (primary N) is 1. The van der Waals surface area contributed by atoms with Crippen LogP contribution in [0.25, 0.3) is 22.1 Å². The van der Waals surface area contributed by atoms with E-state index in [1.54, 1.807) is 25.4 Å². The molecule has 0 bridgehead atoms. The summed E-state index contributed by atoms with van der Waals surface area (Å²) in [7, 11) is 1.57. The van der Waals surface area contributed by atoms with E-state index in [-0.39, 0.29) is 5.56 Å². The van der Waals surface area contributed by atoms with Gasteiger partial charge in [0.15, 0.2) is 0 Å². The van der Waals surface area contributed by atoms with Gasteiger partial charge in [0, 0.05) is 36.8 Å². The lowest BCUT2D eigenvalue weighted by Crippen LogP contribution is -2.30. The molecule has 0 saturated carbocycles. The first kappa shape index (κ1) is 19.1. The Balaban J connectivity index is 1.86. The summed E-state index contributed by atoms with van der Waals surface area (Å²) < 4.78 is 5.45. The van der Waals surface area contributed by atoms with E-state index in [0.717, 1.165) is 0 Å². The summed E-state index contributed by atoms with van der Waals surface area (Å²) in [6.45, 7) is 2.94. The van der Waals surface area contributed by atoms with Crippen molar-refractivity contribution in [1.29, 1.82) is 5.26 Å². The molecule has 29 heavy (non-hydrogen) atoms. The standard InChI is InChI=1S/C20H20N6O2S/c1-20(27)3-5-26(11-20)17-8-12(28-2)7-15(24-17)18-13(10-21)14(22)9-16(25-18)19-23-4-6-29-19/h4,6-9,27H,3,5,11H2,1-2H3,(H2,22,25). The van der Waals surface area contributed by atoms with Crippen LogP contribution in [0.3, 0.4) is 0 Å². The Morgan fingerprint density at radius 3 is 2.76 bits per heavy atom. The van der Waals surface area contributed by atoms with Gasteiger partial charge < -0.3 is 20.5 Å². The Labute approximate surface area is 172 Å². The number of aliphatic hydroxyl groups is 1. The predicted octanol–water partition coefficient (Wildman–Crippen LogP) is 2.69. The van der Waals surface area contributed by atoms with Gasteiger partial charge in [-0.05, 0) is 19.4 Å². The van der Waals surface area contributed by atoms with E-state index in [4.69, 9.17) is 15.5 Å². The zero-order valence-corrected chi connectivity index (χ0v) is 16.9. The van der Waals surface area contributed by atoms with Crippen molar-refractivity contribution >= 4 is 22.8 Å². The number of aromatic nitrogens is 3. The second-order valence-corrected chi connectivity index (χ2v) is 8.08. The first-order valence-corrected chi connectivity index (χ1v) is 9.92. The lowest BCUT2D eigenvalue weighted by molar-refractivity contribution is 0.0839. The van der Waals surface area contributed by atoms with Gasteiger partial charge >= 0.3 is 0 Å². The molecule has 0 aromatic carbocycles. The molecule has 1 fully saturated rings. The van der Waals surface area contributed by atoms with Crippen LogP contribution in [-0.4, -0.2) is 45.9 Å². The molecule has 148 valence electrons. The normalized spacial score (nSPS) is 18.6. The van der Waals surface area contributed by atoms with Crippen molar-refractivity contribution in [3.8, 4) is 33.9 Å². The molecule has 8 nitrogen and oxygen atoms in total. The van der Waals surface area contributed by atoms with E-state index in [0.29, 0.717) is 58.9 Å². The largest absolute Gasteiger partial charge is 0.497 e. The summed E-state index contributed by atoms with van der Waals surface area (Å²) >= 11 is 1.44. The molecule has 0 aliphatic carbocycles. The molecule has 0 amide bonds. The Hall–Kier alpha value is -3.22. The van der Waals surface area contributed by atoms with Gasteiger partial charge in [-0.2, -0.15) is 5.26 Å². The summed E-state index contributed by atoms with van der Waals surface area (Å²) in [6, 6.07) is 7.33. The van der Waals surface area contributed by atoms with Gasteiger partial charge in [0.05, 0.1) is 24.1 Å². The highest BCUT2D eigenvalue weighted by molar-refractivity contribution is 7.13. The van der Waals surface area contributed by atoms with Crippen molar-refractivity contribution in [3.63, 3.8) is 0 Å². The number of nitrogen functional groups attached to an aromatic ring is 1. The first-order valence-electron chi connectivity index (χ1n) is 9.04. The van der Waals surface area contributed by atoms with Crippen LogP contribution in [0.1, 0.15) is 18.9 Å². The Morgan fingerprint density at radius 1 is 1.31 bits per heavy atom. The van der Waals surface area contributed by atoms with Gasteiger partial charge in [-0.15, -0.1) is 11.3 Å². The lowest BCUT2D eigenvalue weighted by Gasteiger charge is -2.21. The maximum atomic E-state index is 10.3. The van der Waals surface area contributed by atoms with Gasteiger partial charge in [0.25, 0.3) is 0 Å². The van der Waals surface area contributed by atoms with E-state index < -0.39 is 5.60 Å². The smallest absolute Gasteiger partial charge is 0.141 e. The molecule has 3 aromatic rings. The Bertz CT molecular complexity index is 1090. The highest BCUT2D eigenvalue weighted by Gasteiger charge is 2.32. The third-order valence-corrected chi connectivity index (χ3v) is 5.65. The second-order valence-electron chi connectivity index (χ2n) is 7.19. The number of hydrogen-bond donors (Lipinski definition) is 2. The van der Waals surface area contributed by atoms with E-state index in [1.165, 1.54) is 11.3 Å². The van der Waals surface area contributed by atoms with Crippen molar-refractivity contribution in [2.24, 2.45) is 0 Å². The van der Waals surface area contributed by atoms with Crippen LogP contribution in [0.4, 0.5) is 11.5 Å². The van der Waals surface area contributed by atoms with E-state index in [1.807, 2.05) is 23.3 Å². The molecule has 4 rings (SSSR count). The number of hydrogen-bond acceptors (Lipinski definition) is 9.